The minimum Gasteiger partial charge on any atom is -0.397 e. The van der Waals surface area contributed by atoms with Gasteiger partial charge in [0, 0.05) is 23.6 Å². The third kappa shape index (κ3) is 6.26. The Balaban J connectivity index is 0.00000196. The van der Waals surface area contributed by atoms with Gasteiger partial charge in [0.1, 0.15) is 0 Å². The molecule has 2 aromatic carbocycles. The fraction of sp³-hybridized carbons (Fsp3) is 0.0500. The number of carbonyl (C=O) groups excluding carboxylic acids is 2. The van der Waals surface area contributed by atoms with E-state index in [4.69, 9.17) is 5.73 Å². The van der Waals surface area contributed by atoms with Gasteiger partial charge < -0.3 is 16.4 Å². The molecule has 0 aliphatic rings. The summed E-state index contributed by atoms with van der Waals surface area (Å²) >= 11 is 0. The molecule has 146 valence electrons. The van der Waals surface area contributed by atoms with Crippen LogP contribution in [-0.2, 0) is 11.2 Å². The zero-order valence-electron chi connectivity index (χ0n) is 14.8. The summed E-state index contributed by atoms with van der Waals surface area (Å²) in [4.78, 5) is 28.3. The number of carbonyl (C=O) groups is 2. The molecule has 4 N–H and O–H groups in total. The third-order valence-corrected chi connectivity index (χ3v) is 3.73. The molecule has 0 saturated carbocycles. The van der Waals surface area contributed by atoms with Crippen molar-refractivity contribution in [3.8, 4) is 0 Å². The van der Waals surface area contributed by atoms with Gasteiger partial charge in [-0.3, -0.25) is 14.6 Å². The van der Waals surface area contributed by atoms with Crippen LogP contribution < -0.4 is 16.4 Å². The fourth-order valence-corrected chi connectivity index (χ4v) is 2.40. The molecular formula is C20H20Cl2N4O2. The normalized spacial score (nSPS) is 9.43. The van der Waals surface area contributed by atoms with Crippen LogP contribution in [0.3, 0.4) is 0 Å². The maximum atomic E-state index is 12.3. The highest BCUT2D eigenvalue weighted by Gasteiger charge is 2.09. The van der Waals surface area contributed by atoms with E-state index < -0.39 is 0 Å². The predicted molar refractivity (Wildman–Crippen MR) is 116 cm³/mol. The van der Waals surface area contributed by atoms with Crippen molar-refractivity contribution in [3.63, 3.8) is 0 Å². The summed E-state index contributed by atoms with van der Waals surface area (Å²) in [7, 11) is 0. The number of aromatic nitrogens is 1. The zero-order chi connectivity index (χ0) is 18.4. The number of anilines is 3. The van der Waals surface area contributed by atoms with E-state index in [1.165, 1.54) is 0 Å². The van der Waals surface area contributed by atoms with Crippen LogP contribution in [-0.4, -0.2) is 16.8 Å². The summed E-state index contributed by atoms with van der Waals surface area (Å²) in [6.07, 6.45) is 3.56. The molecule has 0 saturated heterocycles. The second kappa shape index (κ2) is 10.9. The minimum atomic E-state index is -0.267. The SMILES string of the molecule is Cl.Cl.Nc1ccccc1NC(=O)c1ccc(NC(=O)Cc2cccnc2)cc1. The van der Waals surface area contributed by atoms with Gasteiger partial charge in [0.05, 0.1) is 17.8 Å². The van der Waals surface area contributed by atoms with Crippen LogP contribution >= 0.6 is 24.8 Å². The zero-order valence-corrected chi connectivity index (χ0v) is 16.4. The molecule has 28 heavy (non-hydrogen) atoms. The molecule has 6 nitrogen and oxygen atoms in total. The van der Waals surface area contributed by atoms with Crippen LogP contribution in [0.15, 0.2) is 73.1 Å². The highest BCUT2D eigenvalue weighted by molar-refractivity contribution is 6.06. The first-order valence-corrected chi connectivity index (χ1v) is 8.06. The summed E-state index contributed by atoms with van der Waals surface area (Å²) < 4.78 is 0. The van der Waals surface area contributed by atoms with Crippen LogP contribution in [0.5, 0.6) is 0 Å². The summed E-state index contributed by atoms with van der Waals surface area (Å²) in [6, 6.07) is 17.3. The predicted octanol–water partition coefficient (Wildman–Crippen LogP) is 3.94. The number of amides is 2. The largest absolute Gasteiger partial charge is 0.397 e. The number of hydrogen-bond donors (Lipinski definition) is 3. The van der Waals surface area contributed by atoms with Crippen molar-refractivity contribution in [2.24, 2.45) is 0 Å². The van der Waals surface area contributed by atoms with Gasteiger partial charge >= 0.3 is 0 Å². The molecule has 0 aliphatic carbocycles. The van der Waals surface area contributed by atoms with Gasteiger partial charge in [0.25, 0.3) is 5.91 Å². The standard InChI is InChI=1S/C20H18N4O2.2ClH/c21-17-5-1-2-6-18(17)24-20(26)15-7-9-16(10-8-15)23-19(25)12-14-4-3-11-22-13-14;;/h1-11,13H,12,21H2,(H,23,25)(H,24,26);2*1H. The van der Waals surface area contributed by atoms with Crippen molar-refractivity contribution in [3.05, 3.63) is 84.2 Å². The van der Waals surface area contributed by atoms with Gasteiger partial charge in [-0.25, -0.2) is 0 Å². The van der Waals surface area contributed by atoms with Crippen LogP contribution in [0.25, 0.3) is 0 Å². The molecule has 8 heteroatoms. The fourth-order valence-electron chi connectivity index (χ4n) is 2.40. The van der Waals surface area contributed by atoms with Crippen LogP contribution in [0.4, 0.5) is 17.1 Å². The van der Waals surface area contributed by atoms with Crippen molar-refractivity contribution < 1.29 is 9.59 Å². The lowest BCUT2D eigenvalue weighted by molar-refractivity contribution is -0.115. The number of nitrogens with one attached hydrogen (secondary N) is 2. The molecule has 0 radical (unpaired) electrons. The first-order valence-electron chi connectivity index (χ1n) is 8.06. The number of para-hydroxylation sites is 2. The Hall–Kier alpha value is -3.09. The lowest BCUT2D eigenvalue weighted by Gasteiger charge is -2.09. The summed E-state index contributed by atoms with van der Waals surface area (Å²) in [5, 5.41) is 5.56. The van der Waals surface area contributed by atoms with E-state index in [0.29, 0.717) is 22.6 Å². The molecule has 2 amide bonds. The Morgan fingerprint density at radius 2 is 1.61 bits per heavy atom. The van der Waals surface area contributed by atoms with E-state index in [0.717, 1.165) is 5.56 Å². The number of halogens is 2. The number of rotatable bonds is 5. The average Bonchev–Trinajstić information content (AvgIpc) is 2.65. The van der Waals surface area contributed by atoms with Crippen molar-refractivity contribution in [2.75, 3.05) is 16.4 Å². The Labute approximate surface area is 175 Å². The van der Waals surface area contributed by atoms with Gasteiger partial charge in [-0.05, 0) is 48.0 Å². The molecule has 1 heterocycles. The number of hydrogen-bond acceptors (Lipinski definition) is 4. The number of benzene rings is 2. The van der Waals surface area contributed by atoms with E-state index in [2.05, 4.69) is 15.6 Å². The van der Waals surface area contributed by atoms with Crippen LogP contribution in [0.2, 0.25) is 0 Å². The molecular weight excluding hydrogens is 399 g/mol. The molecule has 0 aliphatic heterocycles. The smallest absolute Gasteiger partial charge is 0.255 e. The molecule has 1 aromatic heterocycles. The second-order valence-electron chi connectivity index (χ2n) is 5.70. The van der Waals surface area contributed by atoms with Crippen molar-refractivity contribution in [1.82, 2.24) is 4.98 Å². The highest BCUT2D eigenvalue weighted by atomic mass is 35.5. The second-order valence-corrected chi connectivity index (χ2v) is 5.70. The van der Waals surface area contributed by atoms with Gasteiger partial charge in [-0.1, -0.05) is 18.2 Å². The summed E-state index contributed by atoms with van der Waals surface area (Å²) in [5.41, 5.74) is 8.81. The number of pyridine rings is 1. The Kier molecular flexibility index (Phi) is 8.95. The number of nitrogen functional groups attached to an aromatic ring is 1. The van der Waals surface area contributed by atoms with Crippen molar-refractivity contribution >= 4 is 53.7 Å². The number of nitrogens with two attached hydrogens (primary N) is 1. The topological polar surface area (TPSA) is 97.1 Å². The lowest BCUT2D eigenvalue weighted by atomic mass is 10.1. The molecule has 3 rings (SSSR count). The Morgan fingerprint density at radius 3 is 2.25 bits per heavy atom. The molecule has 3 aromatic rings. The monoisotopic (exact) mass is 418 g/mol. The third-order valence-electron chi connectivity index (χ3n) is 3.73. The molecule has 0 atom stereocenters. The van der Waals surface area contributed by atoms with Gasteiger partial charge in [-0.2, -0.15) is 0 Å². The summed E-state index contributed by atoms with van der Waals surface area (Å²) in [5.74, 6) is -0.414. The Morgan fingerprint density at radius 1 is 0.893 bits per heavy atom. The first-order chi connectivity index (χ1) is 12.6. The quantitative estimate of drug-likeness (QED) is 0.546. The van der Waals surface area contributed by atoms with Crippen LogP contribution in [0, 0.1) is 0 Å². The highest BCUT2D eigenvalue weighted by Crippen LogP contribution is 2.18. The maximum absolute atomic E-state index is 12.3. The van der Waals surface area contributed by atoms with Gasteiger partial charge in [0.2, 0.25) is 5.91 Å². The molecule has 0 bridgehead atoms. The van der Waals surface area contributed by atoms with Crippen LogP contribution in [0.1, 0.15) is 15.9 Å². The Bertz CT molecular complexity index is 919. The molecule has 0 fully saturated rings. The molecule has 0 unspecified atom stereocenters. The minimum absolute atomic E-state index is 0. The van der Waals surface area contributed by atoms with E-state index >= 15 is 0 Å². The van der Waals surface area contributed by atoms with Gasteiger partial charge in [0.15, 0.2) is 0 Å². The first kappa shape index (κ1) is 23.0. The number of nitrogens with zero attached hydrogens (tertiary/aromatic N) is 1. The average molecular weight is 419 g/mol. The van der Waals surface area contributed by atoms with E-state index in [1.807, 2.05) is 6.07 Å². The van der Waals surface area contributed by atoms with Crippen molar-refractivity contribution in [1.29, 1.82) is 0 Å². The summed E-state index contributed by atoms with van der Waals surface area (Å²) in [6.45, 7) is 0. The maximum Gasteiger partial charge on any atom is 0.255 e. The van der Waals surface area contributed by atoms with Crippen molar-refractivity contribution in [2.45, 2.75) is 6.42 Å². The lowest BCUT2D eigenvalue weighted by Crippen LogP contribution is -2.15. The molecule has 0 spiro atoms. The van der Waals surface area contributed by atoms with Gasteiger partial charge in [-0.15, -0.1) is 24.8 Å². The van der Waals surface area contributed by atoms with E-state index in [1.54, 1.807) is 67.0 Å². The van der Waals surface area contributed by atoms with E-state index in [9.17, 15) is 9.59 Å². The van der Waals surface area contributed by atoms with E-state index in [-0.39, 0.29) is 43.0 Å².